The summed E-state index contributed by atoms with van der Waals surface area (Å²) in [5.41, 5.74) is 2.55. The average Bonchev–Trinajstić information content (AvgIpc) is 2.93. The largest absolute Gasteiger partial charge is 0.489 e. The van der Waals surface area contributed by atoms with E-state index in [4.69, 9.17) is 18.9 Å². The fourth-order valence-corrected chi connectivity index (χ4v) is 6.75. The fraction of sp³-hybridized carbons (Fsp3) is 0.455. The second-order valence-corrected chi connectivity index (χ2v) is 14.2. The summed E-state index contributed by atoms with van der Waals surface area (Å²) in [4.78, 5) is 23.1. The van der Waals surface area contributed by atoms with Gasteiger partial charge in [0.1, 0.15) is 11.5 Å². The van der Waals surface area contributed by atoms with Gasteiger partial charge in [0.05, 0.1) is 34.4 Å². The molecule has 0 aliphatic heterocycles. The minimum atomic E-state index is -0.392. The van der Waals surface area contributed by atoms with Gasteiger partial charge in [0.25, 0.3) is 0 Å². The first-order valence-electron chi connectivity index (χ1n) is 14.0. The van der Waals surface area contributed by atoms with Crippen LogP contribution in [0.15, 0.2) is 66.5 Å². The molecule has 0 saturated heterocycles. The number of esters is 2. The van der Waals surface area contributed by atoms with Gasteiger partial charge in [-0.25, -0.2) is 9.59 Å². The van der Waals surface area contributed by atoms with Crippen LogP contribution in [0.3, 0.4) is 0 Å². The van der Waals surface area contributed by atoms with Gasteiger partial charge in [-0.2, -0.15) is 0 Å². The van der Waals surface area contributed by atoms with Gasteiger partial charge in [0.15, 0.2) is 0 Å². The van der Waals surface area contributed by atoms with Crippen molar-refractivity contribution in [2.24, 2.45) is 0 Å². The monoisotopic (exact) mass is 848 g/mol. The molecule has 0 N–H and O–H groups in total. The molecule has 6 nitrogen and oxygen atoms in total. The van der Waals surface area contributed by atoms with E-state index in [-0.39, 0.29) is 24.1 Å². The van der Waals surface area contributed by atoms with Crippen LogP contribution in [0.4, 0.5) is 0 Å². The van der Waals surface area contributed by atoms with E-state index in [0.717, 1.165) is 53.4 Å². The van der Waals surface area contributed by atoms with Gasteiger partial charge in [-0.15, -0.1) is 0 Å². The lowest BCUT2D eigenvalue weighted by Crippen LogP contribution is -2.21. The van der Waals surface area contributed by atoms with Crippen LogP contribution in [-0.4, -0.2) is 37.4 Å². The Balaban J connectivity index is 2.10. The Hall–Kier alpha value is -1.62. The van der Waals surface area contributed by atoms with E-state index in [2.05, 4.69) is 103 Å². The summed E-state index contributed by atoms with van der Waals surface area (Å²) in [6.07, 6.45) is 2.70. The van der Waals surface area contributed by atoms with E-state index in [1.54, 1.807) is 13.8 Å². The number of benzene rings is 2. The van der Waals surface area contributed by atoms with Crippen LogP contribution in [-0.2, 0) is 24.5 Å². The van der Waals surface area contributed by atoms with Crippen LogP contribution < -0.4 is 9.47 Å². The molecule has 0 amide bonds. The summed E-state index contributed by atoms with van der Waals surface area (Å²) < 4.78 is 26.2. The lowest BCUT2D eigenvalue weighted by atomic mass is 9.78. The summed E-state index contributed by atoms with van der Waals surface area (Å²) >= 11 is 15.1. The van der Waals surface area contributed by atoms with Gasteiger partial charge in [-0.05, 0) is 140 Å². The highest BCUT2D eigenvalue weighted by Gasteiger charge is 2.31. The van der Waals surface area contributed by atoms with Crippen molar-refractivity contribution >= 4 is 75.7 Å². The maximum absolute atomic E-state index is 11.6. The smallest absolute Gasteiger partial charge is 0.333 e. The zero-order valence-electron chi connectivity index (χ0n) is 25.6. The summed E-state index contributed by atoms with van der Waals surface area (Å²) in [5, 5.41) is 0. The fourth-order valence-electron chi connectivity index (χ4n) is 4.23. The summed E-state index contributed by atoms with van der Waals surface area (Å²) in [6.45, 7) is 19.4. The molecule has 0 fully saturated rings. The Bertz CT molecular complexity index is 1240. The molecule has 2 aromatic rings. The van der Waals surface area contributed by atoms with E-state index >= 15 is 0 Å². The van der Waals surface area contributed by atoms with Gasteiger partial charge in [0.2, 0.25) is 0 Å². The molecule has 0 radical (unpaired) electrons. The topological polar surface area (TPSA) is 71.1 Å². The van der Waals surface area contributed by atoms with E-state index in [1.165, 1.54) is 0 Å². The Morgan fingerprint density at radius 2 is 1.05 bits per heavy atom. The van der Waals surface area contributed by atoms with Crippen molar-refractivity contribution in [3.63, 3.8) is 0 Å². The average molecular weight is 852 g/mol. The lowest BCUT2D eigenvalue weighted by molar-refractivity contribution is -0.140. The quantitative estimate of drug-likeness (QED) is 0.0952. The number of rotatable bonds is 16. The van der Waals surface area contributed by atoms with Crippen molar-refractivity contribution in [2.75, 3.05) is 13.2 Å². The Kier molecular flexibility index (Phi) is 15.0. The van der Waals surface area contributed by atoms with Crippen LogP contribution in [0.25, 0.3) is 0 Å². The van der Waals surface area contributed by atoms with Crippen LogP contribution in [0.1, 0.15) is 78.4 Å². The first-order chi connectivity index (χ1) is 20.1. The summed E-state index contributed by atoms with van der Waals surface area (Å²) in [7, 11) is 0. The third kappa shape index (κ3) is 10.8. The molecule has 0 aliphatic carbocycles. The standard InChI is InChI=1S/C33H40Br4O6/c1-19(2)31(38)40-17-9-11-21(5)42-25-15-13-23(27(34)29(25)36)33(7,8)24-14-16-26(30(37)28(24)35)43-22(6)12-10-18-41-32(39)20(3)4/h13-16,21-22H,1,3,9-12,17-18H2,2,4-8H3. The first kappa shape index (κ1) is 37.6. The SMILES string of the molecule is C=C(C)C(=O)OCCCC(C)Oc1ccc(C(C)(C)c2ccc(OC(C)CCCOC(=O)C(=C)C)c(Br)c2Br)c(Br)c1Br. The predicted molar refractivity (Wildman–Crippen MR) is 186 cm³/mol. The molecule has 10 heteroatoms. The number of halogens is 4. The van der Waals surface area contributed by atoms with E-state index in [9.17, 15) is 9.59 Å². The van der Waals surface area contributed by atoms with Crippen LogP contribution in [0, 0.1) is 0 Å². The molecule has 0 heterocycles. The zero-order valence-corrected chi connectivity index (χ0v) is 31.9. The minimum Gasteiger partial charge on any atom is -0.489 e. The molecule has 0 spiro atoms. The number of hydrogen-bond acceptors (Lipinski definition) is 6. The third-order valence-electron chi connectivity index (χ3n) is 6.77. The molecule has 2 atom stereocenters. The van der Waals surface area contributed by atoms with Crippen LogP contribution >= 0.6 is 63.7 Å². The van der Waals surface area contributed by atoms with Gasteiger partial charge >= 0.3 is 11.9 Å². The highest BCUT2D eigenvalue weighted by atomic mass is 79.9. The minimum absolute atomic E-state index is 0.0722. The third-order valence-corrected chi connectivity index (χ3v) is 11.1. The molecule has 0 bridgehead atoms. The highest BCUT2D eigenvalue weighted by molar-refractivity contribution is 9.13. The maximum atomic E-state index is 11.6. The highest BCUT2D eigenvalue weighted by Crippen LogP contribution is 2.47. The first-order valence-corrected chi connectivity index (χ1v) is 17.2. The van der Waals surface area contributed by atoms with Crippen molar-refractivity contribution in [3.05, 3.63) is 77.6 Å². The number of carbonyl (C=O) groups is 2. The van der Waals surface area contributed by atoms with Crippen molar-refractivity contribution in [3.8, 4) is 11.5 Å². The van der Waals surface area contributed by atoms with Gasteiger partial charge in [0, 0.05) is 25.5 Å². The maximum Gasteiger partial charge on any atom is 0.333 e. The number of carbonyl (C=O) groups excluding carboxylic acids is 2. The van der Waals surface area contributed by atoms with Crippen molar-refractivity contribution in [2.45, 2.75) is 84.8 Å². The van der Waals surface area contributed by atoms with Crippen LogP contribution in [0.5, 0.6) is 11.5 Å². The Labute approximate surface area is 289 Å². The lowest BCUT2D eigenvalue weighted by Gasteiger charge is -2.30. The summed E-state index contributed by atoms with van der Waals surface area (Å²) in [5.74, 6) is 0.713. The molecule has 0 aliphatic rings. The van der Waals surface area contributed by atoms with Gasteiger partial charge in [-0.1, -0.05) is 39.1 Å². The normalized spacial score (nSPS) is 12.7. The molecule has 43 heavy (non-hydrogen) atoms. The second-order valence-electron chi connectivity index (χ2n) is 11.1. The van der Waals surface area contributed by atoms with Crippen molar-refractivity contribution < 1.29 is 28.5 Å². The Morgan fingerprint density at radius 3 is 1.37 bits per heavy atom. The van der Waals surface area contributed by atoms with E-state index in [0.29, 0.717) is 37.2 Å². The van der Waals surface area contributed by atoms with Crippen molar-refractivity contribution in [1.82, 2.24) is 0 Å². The zero-order chi connectivity index (χ0) is 32.5. The second kappa shape index (κ2) is 17.2. The van der Waals surface area contributed by atoms with Crippen molar-refractivity contribution in [1.29, 1.82) is 0 Å². The predicted octanol–water partition coefficient (Wildman–Crippen LogP) is 10.4. The van der Waals surface area contributed by atoms with Crippen LogP contribution in [0.2, 0.25) is 0 Å². The molecular weight excluding hydrogens is 812 g/mol. The van der Waals surface area contributed by atoms with E-state index < -0.39 is 5.41 Å². The molecule has 2 rings (SSSR count). The molecule has 2 unspecified atom stereocenters. The van der Waals surface area contributed by atoms with Gasteiger partial charge in [-0.3, -0.25) is 0 Å². The molecule has 0 aromatic heterocycles. The molecule has 236 valence electrons. The van der Waals surface area contributed by atoms with E-state index in [1.807, 2.05) is 26.0 Å². The molecule has 0 saturated carbocycles. The number of hydrogen-bond donors (Lipinski definition) is 0. The summed E-state index contributed by atoms with van der Waals surface area (Å²) in [6, 6.07) is 8.08. The number of ether oxygens (including phenoxy) is 4. The molecule has 2 aromatic carbocycles. The molecular formula is C33H40Br4O6. The Morgan fingerprint density at radius 1 is 0.698 bits per heavy atom. The van der Waals surface area contributed by atoms with Gasteiger partial charge < -0.3 is 18.9 Å².